The van der Waals surface area contributed by atoms with Crippen LogP contribution in [0.1, 0.15) is 51.5 Å². The Bertz CT molecular complexity index is 364. The van der Waals surface area contributed by atoms with Crippen LogP contribution in [0.4, 0.5) is 0 Å². The zero-order valence-corrected chi connectivity index (χ0v) is 12.9. The maximum absolute atomic E-state index is 2.52. The molecule has 0 N–H and O–H groups in total. The van der Waals surface area contributed by atoms with Crippen LogP contribution in [0.2, 0.25) is 0 Å². The van der Waals surface area contributed by atoms with Crippen LogP contribution in [0.25, 0.3) is 0 Å². The van der Waals surface area contributed by atoms with Gasteiger partial charge in [-0.05, 0) is 47.7 Å². The zero-order chi connectivity index (χ0) is 13.1. The molecule has 1 heteroatoms. The first-order valence-corrected chi connectivity index (χ1v) is 8.56. The van der Waals surface area contributed by atoms with E-state index >= 15 is 0 Å². The predicted molar refractivity (Wildman–Crippen MR) is 83.4 cm³/mol. The molecule has 1 atom stereocenters. The first-order valence-electron chi connectivity index (χ1n) is 7.17. The van der Waals surface area contributed by atoms with Gasteiger partial charge in [0.2, 0.25) is 0 Å². The summed E-state index contributed by atoms with van der Waals surface area (Å²) in [6, 6.07) is 11.2. The molecule has 0 amide bonds. The van der Waals surface area contributed by atoms with Crippen molar-refractivity contribution in [3.63, 3.8) is 0 Å². The second-order valence-corrected chi connectivity index (χ2v) is 7.19. The van der Waals surface area contributed by atoms with Gasteiger partial charge in [-0.1, -0.05) is 57.0 Å². The minimum atomic E-state index is 0.341. The van der Waals surface area contributed by atoms with Crippen LogP contribution in [-0.4, -0.2) is 12.0 Å². The Kier molecular flexibility index (Phi) is 4.42. The van der Waals surface area contributed by atoms with E-state index in [1.807, 2.05) is 11.8 Å². The fourth-order valence-corrected chi connectivity index (χ4v) is 4.23. The van der Waals surface area contributed by atoms with E-state index in [-0.39, 0.29) is 0 Å². The standard InChI is InChI=1S/C17H26S/c1-16(11-7-8-12-16)17(2,13-14-18-3)15-9-5-4-6-10-15/h4-6,9-10H,7-8,11-14H2,1-3H3/t17-/m1/s1. The van der Waals surface area contributed by atoms with Gasteiger partial charge in [-0.2, -0.15) is 11.8 Å². The molecule has 0 nitrogen and oxygen atoms in total. The summed E-state index contributed by atoms with van der Waals surface area (Å²) in [7, 11) is 0. The molecule has 18 heavy (non-hydrogen) atoms. The number of rotatable bonds is 5. The smallest absolute Gasteiger partial charge is 0.00137 e. The van der Waals surface area contributed by atoms with E-state index in [0.29, 0.717) is 10.8 Å². The third-order valence-electron chi connectivity index (χ3n) is 5.26. The maximum atomic E-state index is 2.52. The van der Waals surface area contributed by atoms with E-state index in [2.05, 4.69) is 50.4 Å². The highest BCUT2D eigenvalue weighted by molar-refractivity contribution is 7.98. The first-order chi connectivity index (χ1) is 8.62. The minimum Gasteiger partial charge on any atom is -0.165 e. The van der Waals surface area contributed by atoms with Crippen molar-refractivity contribution in [3.8, 4) is 0 Å². The SMILES string of the molecule is CSCC[C@](C)(c1ccccc1)C1(C)CCCC1. The van der Waals surface area contributed by atoms with Crippen molar-refractivity contribution in [1.29, 1.82) is 0 Å². The maximum Gasteiger partial charge on any atom is -0.00137 e. The topological polar surface area (TPSA) is 0 Å². The Balaban J connectivity index is 2.34. The van der Waals surface area contributed by atoms with Crippen molar-refractivity contribution in [2.24, 2.45) is 5.41 Å². The number of thioether (sulfide) groups is 1. The summed E-state index contributed by atoms with van der Waals surface area (Å²) < 4.78 is 0. The van der Waals surface area contributed by atoms with Crippen molar-refractivity contribution in [2.45, 2.75) is 51.4 Å². The molecule has 1 aliphatic rings. The van der Waals surface area contributed by atoms with Crippen LogP contribution in [0.5, 0.6) is 0 Å². The van der Waals surface area contributed by atoms with Gasteiger partial charge in [-0.25, -0.2) is 0 Å². The summed E-state index contributed by atoms with van der Waals surface area (Å²) in [5.74, 6) is 1.26. The van der Waals surface area contributed by atoms with Gasteiger partial charge in [0.05, 0.1) is 0 Å². The zero-order valence-electron chi connectivity index (χ0n) is 12.0. The molecule has 1 aromatic carbocycles. The van der Waals surface area contributed by atoms with Crippen LogP contribution in [-0.2, 0) is 5.41 Å². The molecule has 1 aliphatic carbocycles. The summed E-state index contributed by atoms with van der Waals surface area (Å²) in [5, 5.41) is 0. The van der Waals surface area contributed by atoms with Crippen LogP contribution >= 0.6 is 11.8 Å². The average Bonchev–Trinajstić information content (AvgIpc) is 2.85. The Morgan fingerprint density at radius 3 is 2.33 bits per heavy atom. The van der Waals surface area contributed by atoms with E-state index in [1.54, 1.807) is 5.56 Å². The summed E-state index contributed by atoms with van der Waals surface area (Å²) in [5.41, 5.74) is 2.38. The molecule has 2 rings (SSSR count). The van der Waals surface area contributed by atoms with Gasteiger partial charge in [-0.15, -0.1) is 0 Å². The predicted octanol–water partition coefficient (Wildman–Crippen LogP) is 5.28. The Morgan fingerprint density at radius 2 is 1.78 bits per heavy atom. The lowest BCUT2D eigenvalue weighted by molar-refractivity contribution is 0.155. The molecule has 0 heterocycles. The molecule has 0 bridgehead atoms. The van der Waals surface area contributed by atoms with Crippen LogP contribution in [0, 0.1) is 5.41 Å². The summed E-state index contributed by atoms with van der Waals surface area (Å²) in [6.45, 7) is 5.03. The summed E-state index contributed by atoms with van der Waals surface area (Å²) >= 11 is 1.98. The largest absolute Gasteiger partial charge is 0.165 e. The lowest BCUT2D eigenvalue weighted by Gasteiger charge is -2.45. The quantitative estimate of drug-likeness (QED) is 0.696. The van der Waals surface area contributed by atoms with Crippen LogP contribution in [0.3, 0.4) is 0 Å². The fourth-order valence-electron chi connectivity index (χ4n) is 3.61. The molecule has 100 valence electrons. The normalized spacial score (nSPS) is 21.7. The second kappa shape index (κ2) is 5.69. The Morgan fingerprint density at radius 1 is 1.17 bits per heavy atom. The van der Waals surface area contributed by atoms with E-state index < -0.39 is 0 Å². The van der Waals surface area contributed by atoms with Gasteiger partial charge in [0, 0.05) is 0 Å². The van der Waals surface area contributed by atoms with E-state index in [1.165, 1.54) is 37.9 Å². The molecule has 0 unspecified atom stereocenters. The molecule has 0 aliphatic heterocycles. The van der Waals surface area contributed by atoms with Crippen molar-refractivity contribution in [3.05, 3.63) is 35.9 Å². The van der Waals surface area contributed by atoms with Crippen molar-refractivity contribution in [1.82, 2.24) is 0 Å². The fraction of sp³-hybridized carbons (Fsp3) is 0.647. The molecular weight excluding hydrogens is 236 g/mol. The van der Waals surface area contributed by atoms with E-state index in [9.17, 15) is 0 Å². The highest BCUT2D eigenvalue weighted by atomic mass is 32.2. The molecule has 1 fully saturated rings. The monoisotopic (exact) mass is 262 g/mol. The lowest BCUT2D eigenvalue weighted by atomic mass is 9.59. The van der Waals surface area contributed by atoms with Gasteiger partial charge in [0.25, 0.3) is 0 Å². The second-order valence-electron chi connectivity index (χ2n) is 6.21. The molecule has 0 saturated heterocycles. The number of benzene rings is 1. The van der Waals surface area contributed by atoms with Gasteiger partial charge < -0.3 is 0 Å². The molecule has 0 aromatic heterocycles. The van der Waals surface area contributed by atoms with E-state index in [0.717, 1.165) is 0 Å². The van der Waals surface area contributed by atoms with E-state index in [4.69, 9.17) is 0 Å². The van der Waals surface area contributed by atoms with Crippen LogP contribution < -0.4 is 0 Å². The summed E-state index contributed by atoms with van der Waals surface area (Å²) in [4.78, 5) is 0. The molecule has 0 spiro atoms. The van der Waals surface area contributed by atoms with Gasteiger partial charge in [0.1, 0.15) is 0 Å². The molecule has 1 aromatic rings. The third-order valence-corrected chi connectivity index (χ3v) is 5.87. The Hall–Kier alpha value is -0.430. The van der Waals surface area contributed by atoms with Gasteiger partial charge >= 0.3 is 0 Å². The number of hydrogen-bond donors (Lipinski definition) is 0. The third kappa shape index (κ3) is 2.47. The number of hydrogen-bond acceptors (Lipinski definition) is 1. The van der Waals surface area contributed by atoms with Gasteiger partial charge in [-0.3, -0.25) is 0 Å². The minimum absolute atomic E-state index is 0.341. The average molecular weight is 262 g/mol. The molecule has 1 saturated carbocycles. The van der Waals surface area contributed by atoms with Crippen molar-refractivity contribution >= 4 is 11.8 Å². The van der Waals surface area contributed by atoms with Crippen LogP contribution in [0.15, 0.2) is 30.3 Å². The lowest BCUT2D eigenvalue weighted by Crippen LogP contribution is -2.40. The summed E-state index contributed by atoms with van der Waals surface area (Å²) in [6.07, 6.45) is 9.15. The van der Waals surface area contributed by atoms with Gasteiger partial charge in [0.15, 0.2) is 0 Å². The highest BCUT2D eigenvalue weighted by Crippen LogP contribution is 2.54. The highest BCUT2D eigenvalue weighted by Gasteiger charge is 2.46. The molecular formula is C17H26S. The molecule has 0 radical (unpaired) electrons. The van der Waals surface area contributed by atoms with Crippen molar-refractivity contribution in [2.75, 3.05) is 12.0 Å². The Labute approximate surface area is 117 Å². The first kappa shape index (κ1) is 14.0. The van der Waals surface area contributed by atoms with Crippen molar-refractivity contribution < 1.29 is 0 Å².